The van der Waals surface area contributed by atoms with Crippen molar-refractivity contribution >= 4 is 17.6 Å². The van der Waals surface area contributed by atoms with Crippen LogP contribution in [0.4, 0.5) is 0 Å². The molecule has 17 heavy (non-hydrogen) atoms. The third-order valence-electron chi connectivity index (χ3n) is 2.55. The van der Waals surface area contributed by atoms with E-state index in [0.717, 1.165) is 5.56 Å². The molecule has 0 bridgehead atoms. The number of hydrogen-bond donors (Lipinski definition) is 1. The summed E-state index contributed by atoms with van der Waals surface area (Å²) in [6, 6.07) is 7.02. The van der Waals surface area contributed by atoms with Crippen LogP contribution >= 0.6 is 11.6 Å². The van der Waals surface area contributed by atoms with Gasteiger partial charge in [0.1, 0.15) is 5.56 Å². The number of rotatable bonds is 2. The minimum Gasteiger partial charge on any atom is -0.478 e. The summed E-state index contributed by atoms with van der Waals surface area (Å²) >= 11 is 5.81. The summed E-state index contributed by atoms with van der Waals surface area (Å²) in [7, 11) is 1.73. The summed E-state index contributed by atoms with van der Waals surface area (Å²) in [5.41, 5.74) is 2.11. The highest BCUT2D eigenvalue weighted by atomic mass is 35.5. The van der Waals surface area contributed by atoms with Gasteiger partial charge in [0, 0.05) is 17.6 Å². The number of benzene rings is 1. The van der Waals surface area contributed by atoms with Crippen LogP contribution in [0.5, 0.6) is 0 Å². The molecule has 5 heteroatoms. The predicted molar refractivity (Wildman–Crippen MR) is 65.4 cm³/mol. The standard InChI is InChI=1S/C12H11ClN2O2/c1-7-10(12(16)17)11(15(2)14-7)8-3-5-9(13)6-4-8/h3-6H,1-2H3,(H,16,17). The molecular weight excluding hydrogens is 240 g/mol. The van der Waals surface area contributed by atoms with E-state index >= 15 is 0 Å². The van der Waals surface area contributed by atoms with Crippen LogP contribution in [0.25, 0.3) is 11.3 Å². The highest BCUT2D eigenvalue weighted by Crippen LogP contribution is 2.26. The number of carbonyl (C=O) groups is 1. The molecule has 0 atom stereocenters. The molecule has 1 N–H and O–H groups in total. The Morgan fingerprint density at radius 2 is 1.94 bits per heavy atom. The minimum atomic E-state index is -0.972. The minimum absolute atomic E-state index is 0.231. The Balaban J connectivity index is 2.66. The maximum Gasteiger partial charge on any atom is 0.339 e. The molecule has 0 spiro atoms. The van der Waals surface area contributed by atoms with Crippen LogP contribution in [0.2, 0.25) is 5.02 Å². The van der Waals surface area contributed by atoms with Crippen molar-refractivity contribution < 1.29 is 9.90 Å². The molecule has 2 aromatic rings. The van der Waals surface area contributed by atoms with Crippen LogP contribution in [0, 0.1) is 6.92 Å². The fraction of sp³-hybridized carbons (Fsp3) is 0.167. The van der Waals surface area contributed by atoms with Gasteiger partial charge in [-0.15, -0.1) is 0 Å². The lowest BCUT2D eigenvalue weighted by molar-refractivity contribution is 0.0697. The smallest absolute Gasteiger partial charge is 0.339 e. The van der Waals surface area contributed by atoms with E-state index in [1.165, 1.54) is 0 Å². The van der Waals surface area contributed by atoms with Gasteiger partial charge in [0.05, 0.1) is 11.4 Å². The number of hydrogen-bond acceptors (Lipinski definition) is 2. The third kappa shape index (κ3) is 2.03. The predicted octanol–water partition coefficient (Wildman–Crippen LogP) is 2.75. The van der Waals surface area contributed by atoms with Crippen molar-refractivity contribution in [3.8, 4) is 11.3 Å². The van der Waals surface area contributed by atoms with Crippen LogP contribution in [0.3, 0.4) is 0 Å². The fourth-order valence-electron chi connectivity index (χ4n) is 1.85. The van der Waals surface area contributed by atoms with Crippen molar-refractivity contribution in [1.29, 1.82) is 0 Å². The van der Waals surface area contributed by atoms with Crippen molar-refractivity contribution in [3.63, 3.8) is 0 Å². The zero-order chi connectivity index (χ0) is 12.6. The maximum atomic E-state index is 11.2. The van der Waals surface area contributed by atoms with Crippen molar-refractivity contribution in [1.82, 2.24) is 9.78 Å². The molecule has 88 valence electrons. The van der Waals surface area contributed by atoms with Gasteiger partial charge in [-0.3, -0.25) is 4.68 Å². The summed E-state index contributed by atoms with van der Waals surface area (Å²) in [6.45, 7) is 1.68. The molecule has 0 aliphatic heterocycles. The third-order valence-corrected chi connectivity index (χ3v) is 2.81. The summed E-state index contributed by atoms with van der Waals surface area (Å²) < 4.78 is 1.57. The van der Waals surface area contributed by atoms with E-state index in [2.05, 4.69) is 5.10 Å². The number of nitrogens with zero attached hydrogens (tertiary/aromatic N) is 2. The van der Waals surface area contributed by atoms with Crippen molar-refractivity contribution in [3.05, 3.63) is 40.5 Å². The van der Waals surface area contributed by atoms with Crippen LogP contribution in [-0.2, 0) is 7.05 Å². The summed E-state index contributed by atoms with van der Waals surface area (Å²) in [5, 5.41) is 13.9. The largest absolute Gasteiger partial charge is 0.478 e. The van der Waals surface area contributed by atoms with E-state index in [1.54, 1.807) is 42.9 Å². The SMILES string of the molecule is Cc1nn(C)c(-c2ccc(Cl)cc2)c1C(=O)O. The molecule has 0 saturated heterocycles. The molecule has 2 rings (SSSR count). The van der Waals surface area contributed by atoms with E-state index < -0.39 is 5.97 Å². The lowest BCUT2D eigenvalue weighted by atomic mass is 10.1. The second kappa shape index (κ2) is 4.22. The summed E-state index contributed by atoms with van der Waals surface area (Å²) in [5.74, 6) is -0.972. The fourth-order valence-corrected chi connectivity index (χ4v) is 1.98. The van der Waals surface area contributed by atoms with Crippen LogP contribution < -0.4 is 0 Å². The number of aromatic carboxylic acids is 1. The molecule has 0 amide bonds. The first kappa shape index (κ1) is 11.7. The average Bonchev–Trinajstić information content (AvgIpc) is 2.55. The second-order valence-electron chi connectivity index (χ2n) is 3.74. The molecule has 0 unspecified atom stereocenters. The zero-order valence-electron chi connectivity index (χ0n) is 9.44. The number of aromatic nitrogens is 2. The Bertz CT molecular complexity index is 573. The van der Waals surface area contributed by atoms with Crippen molar-refractivity contribution in [2.75, 3.05) is 0 Å². The molecule has 0 aliphatic rings. The van der Waals surface area contributed by atoms with Gasteiger partial charge < -0.3 is 5.11 Å². The van der Waals surface area contributed by atoms with Gasteiger partial charge in [-0.1, -0.05) is 23.7 Å². The molecule has 1 heterocycles. The maximum absolute atomic E-state index is 11.2. The van der Waals surface area contributed by atoms with Gasteiger partial charge in [-0.05, 0) is 19.1 Å². The Hall–Kier alpha value is -1.81. The molecule has 0 aliphatic carbocycles. The van der Waals surface area contributed by atoms with Crippen molar-refractivity contribution in [2.24, 2.45) is 7.05 Å². The van der Waals surface area contributed by atoms with E-state index in [0.29, 0.717) is 16.4 Å². The second-order valence-corrected chi connectivity index (χ2v) is 4.18. The van der Waals surface area contributed by atoms with E-state index in [4.69, 9.17) is 11.6 Å². The normalized spacial score (nSPS) is 10.5. The molecule has 0 radical (unpaired) electrons. The highest BCUT2D eigenvalue weighted by molar-refractivity contribution is 6.30. The Kier molecular flexibility index (Phi) is 2.90. The number of carboxylic acids is 1. The monoisotopic (exact) mass is 250 g/mol. The Morgan fingerprint density at radius 3 is 2.47 bits per heavy atom. The number of carboxylic acid groups (broad SMARTS) is 1. The van der Waals surface area contributed by atoms with Crippen LogP contribution in [0.1, 0.15) is 16.1 Å². The zero-order valence-corrected chi connectivity index (χ0v) is 10.2. The van der Waals surface area contributed by atoms with Gasteiger partial charge in [-0.25, -0.2) is 4.79 Å². The number of halogens is 1. The lowest BCUT2D eigenvalue weighted by Gasteiger charge is -2.04. The van der Waals surface area contributed by atoms with E-state index in [-0.39, 0.29) is 5.56 Å². The van der Waals surface area contributed by atoms with E-state index in [1.807, 2.05) is 0 Å². The van der Waals surface area contributed by atoms with Crippen LogP contribution in [-0.4, -0.2) is 20.9 Å². The first-order valence-electron chi connectivity index (χ1n) is 5.03. The molecular formula is C12H11ClN2O2. The molecule has 1 aromatic heterocycles. The van der Waals surface area contributed by atoms with Crippen LogP contribution in [0.15, 0.2) is 24.3 Å². The van der Waals surface area contributed by atoms with Gasteiger partial charge in [-0.2, -0.15) is 5.10 Å². The topological polar surface area (TPSA) is 55.1 Å². The Morgan fingerprint density at radius 1 is 1.35 bits per heavy atom. The van der Waals surface area contributed by atoms with Crippen molar-refractivity contribution in [2.45, 2.75) is 6.92 Å². The molecule has 0 fully saturated rings. The Labute approximate surface area is 103 Å². The average molecular weight is 251 g/mol. The first-order valence-corrected chi connectivity index (χ1v) is 5.41. The molecule has 0 saturated carbocycles. The molecule has 4 nitrogen and oxygen atoms in total. The highest BCUT2D eigenvalue weighted by Gasteiger charge is 2.20. The van der Waals surface area contributed by atoms with Gasteiger partial charge in [0.2, 0.25) is 0 Å². The number of aryl methyl sites for hydroxylation is 2. The van der Waals surface area contributed by atoms with E-state index in [9.17, 15) is 9.90 Å². The molecule has 1 aromatic carbocycles. The first-order chi connectivity index (χ1) is 8.00. The van der Waals surface area contributed by atoms with Gasteiger partial charge in [0.25, 0.3) is 0 Å². The lowest BCUT2D eigenvalue weighted by Crippen LogP contribution is -2.01. The van der Waals surface area contributed by atoms with Gasteiger partial charge >= 0.3 is 5.97 Å². The quantitative estimate of drug-likeness (QED) is 0.892. The summed E-state index contributed by atoms with van der Waals surface area (Å²) in [6.07, 6.45) is 0. The van der Waals surface area contributed by atoms with Gasteiger partial charge in [0.15, 0.2) is 0 Å². The summed E-state index contributed by atoms with van der Waals surface area (Å²) in [4.78, 5) is 11.2.